The number of nitro groups is 1. The fourth-order valence-corrected chi connectivity index (χ4v) is 7.12. The minimum absolute atomic E-state index is 0.104. The SMILES string of the molecule is CC(C(=O)OCC(=O)c1ccc(OC(=O)c2ccc([N+](=O)[O-])cc2)cc1)N1C(=O)C2C3c4ccccc4C(c4ccccc43)C2C1=O. The largest absolute Gasteiger partial charge is 0.456 e. The van der Waals surface area contributed by atoms with Crippen LogP contribution in [0.25, 0.3) is 0 Å². The zero-order valence-electron chi connectivity index (χ0n) is 24.9. The van der Waals surface area contributed by atoms with Crippen LogP contribution in [0.5, 0.6) is 5.75 Å². The number of ketones is 1. The molecule has 0 N–H and O–H groups in total. The maximum atomic E-state index is 13.9. The quantitative estimate of drug-likeness (QED) is 0.0667. The van der Waals surface area contributed by atoms with Gasteiger partial charge in [0.05, 0.1) is 22.3 Å². The molecule has 3 unspecified atom stereocenters. The molecule has 2 amide bonds. The zero-order chi connectivity index (χ0) is 33.0. The highest BCUT2D eigenvalue weighted by molar-refractivity contribution is 6.10. The molecule has 3 atom stereocenters. The van der Waals surface area contributed by atoms with E-state index in [0.717, 1.165) is 27.2 Å². The highest BCUT2D eigenvalue weighted by atomic mass is 16.6. The van der Waals surface area contributed by atoms with Crippen LogP contribution in [0.15, 0.2) is 97.1 Å². The second kappa shape index (κ2) is 11.4. The molecule has 0 spiro atoms. The van der Waals surface area contributed by atoms with E-state index >= 15 is 0 Å². The van der Waals surface area contributed by atoms with E-state index in [9.17, 15) is 34.1 Å². The second-order valence-electron chi connectivity index (χ2n) is 11.7. The van der Waals surface area contributed by atoms with Crippen LogP contribution in [-0.4, -0.2) is 52.0 Å². The molecular formula is C36H26N2O9. The third kappa shape index (κ3) is 4.87. The Bertz CT molecular complexity index is 1870. The summed E-state index contributed by atoms with van der Waals surface area (Å²) in [6.07, 6.45) is 0. The molecule has 4 aromatic rings. The Morgan fingerprint density at radius 1 is 0.745 bits per heavy atom. The number of esters is 2. The molecule has 2 bridgehead atoms. The highest BCUT2D eigenvalue weighted by Crippen LogP contribution is 2.61. The van der Waals surface area contributed by atoms with Gasteiger partial charge in [-0.1, -0.05) is 48.5 Å². The summed E-state index contributed by atoms with van der Waals surface area (Å²) in [6.45, 7) is 0.798. The summed E-state index contributed by atoms with van der Waals surface area (Å²) in [4.78, 5) is 77.3. The first-order valence-corrected chi connectivity index (χ1v) is 15.0. The van der Waals surface area contributed by atoms with Crippen LogP contribution in [0.1, 0.15) is 61.7 Å². The Morgan fingerprint density at radius 3 is 1.68 bits per heavy atom. The van der Waals surface area contributed by atoms with Gasteiger partial charge in [0, 0.05) is 29.5 Å². The molecule has 4 aromatic carbocycles. The summed E-state index contributed by atoms with van der Waals surface area (Å²) in [5, 5.41) is 10.8. The number of hydrogen-bond acceptors (Lipinski definition) is 9. The summed E-state index contributed by atoms with van der Waals surface area (Å²) < 4.78 is 10.6. The molecule has 47 heavy (non-hydrogen) atoms. The van der Waals surface area contributed by atoms with E-state index < -0.39 is 58.9 Å². The number of likely N-dealkylation sites (tertiary alicyclic amines) is 1. The van der Waals surface area contributed by atoms with E-state index in [4.69, 9.17) is 9.47 Å². The summed E-state index contributed by atoms with van der Waals surface area (Å²) in [5.41, 5.74) is 4.20. The van der Waals surface area contributed by atoms with Gasteiger partial charge in [0.1, 0.15) is 11.8 Å². The van der Waals surface area contributed by atoms with Gasteiger partial charge in [-0.3, -0.25) is 29.4 Å². The van der Waals surface area contributed by atoms with Gasteiger partial charge in [0.25, 0.3) is 5.69 Å². The Morgan fingerprint density at radius 2 is 1.21 bits per heavy atom. The lowest BCUT2D eigenvalue weighted by Crippen LogP contribution is -2.45. The van der Waals surface area contributed by atoms with E-state index in [0.29, 0.717) is 0 Å². The monoisotopic (exact) mass is 630 g/mol. The number of non-ortho nitro benzene ring substituents is 1. The van der Waals surface area contributed by atoms with Crippen molar-refractivity contribution >= 4 is 35.2 Å². The van der Waals surface area contributed by atoms with Crippen molar-refractivity contribution in [2.75, 3.05) is 6.61 Å². The van der Waals surface area contributed by atoms with Crippen molar-refractivity contribution in [2.45, 2.75) is 24.8 Å². The van der Waals surface area contributed by atoms with Crippen LogP contribution in [-0.2, 0) is 19.1 Å². The number of hydrogen-bond donors (Lipinski definition) is 0. The van der Waals surface area contributed by atoms with Crippen molar-refractivity contribution in [2.24, 2.45) is 11.8 Å². The van der Waals surface area contributed by atoms with Crippen LogP contribution >= 0.6 is 0 Å². The van der Waals surface area contributed by atoms with Gasteiger partial charge in [0.2, 0.25) is 11.8 Å². The van der Waals surface area contributed by atoms with Gasteiger partial charge in [0.15, 0.2) is 12.4 Å². The first-order valence-electron chi connectivity index (χ1n) is 15.0. The van der Waals surface area contributed by atoms with Crippen LogP contribution < -0.4 is 4.74 Å². The maximum absolute atomic E-state index is 13.9. The van der Waals surface area contributed by atoms with Gasteiger partial charge < -0.3 is 9.47 Å². The lowest BCUT2D eigenvalue weighted by Gasteiger charge is -2.45. The topological polar surface area (TPSA) is 150 Å². The minimum atomic E-state index is -1.24. The normalized spacial score (nSPS) is 20.9. The average Bonchev–Trinajstić information content (AvgIpc) is 3.36. The van der Waals surface area contributed by atoms with Crippen molar-refractivity contribution < 1.29 is 38.4 Å². The Hall–Kier alpha value is -5.97. The van der Waals surface area contributed by atoms with Crippen LogP contribution in [0.4, 0.5) is 5.69 Å². The Labute approximate surface area is 267 Å². The molecule has 1 heterocycles. The molecule has 234 valence electrons. The van der Waals surface area contributed by atoms with Gasteiger partial charge in [-0.05, 0) is 65.6 Å². The zero-order valence-corrected chi connectivity index (χ0v) is 24.9. The number of nitro benzene ring substituents is 1. The predicted octanol–water partition coefficient (Wildman–Crippen LogP) is 4.82. The van der Waals surface area contributed by atoms with Crippen molar-refractivity contribution in [3.8, 4) is 5.75 Å². The van der Waals surface area contributed by atoms with Crippen LogP contribution in [0, 0.1) is 22.0 Å². The number of imide groups is 1. The molecule has 11 nitrogen and oxygen atoms in total. The first kappa shape index (κ1) is 29.7. The molecule has 8 rings (SSSR count). The van der Waals surface area contributed by atoms with Gasteiger partial charge in [-0.15, -0.1) is 0 Å². The molecule has 0 saturated carbocycles. The molecular weight excluding hydrogens is 604 g/mol. The number of Topliss-reactive ketones (excluding diaryl/α,β-unsaturated/α-hetero) is 1. The molecule has 1 aliphatic heterocycles. The van der Waals surface area contributed by atoms with E-state index in [1.54, 1.807) is 0 Å². The number of rotatable bonds is 8. The summed E-state index contributed by atoms with van der Waals surface area (Å²) >= 11 is 0. The van der Waals surface area contributed by atoms with E-state index in [1.807, 2.05) is 48.5 Å². The number of carbonyl (C=O) groups excluding carboxylic acids is 5. The number of amides is 2. The smallest absolute Gasteiger partial charge is 0.343 e. The average molecular weight is 631 g/mol. The van der Waals surface area contributed by atoms with Gasteiger partial charge in [-0.25, -0.2) is 9.59 Å². The Balaban J connectivity index is 1.000. The van der Waals surface area contributed by atoms with Crippen molar-refractivity contribution in [3.63, 3.8) is 0 Å². The van der Waals surface area contributed by atoms with E-state index in [1.165, 1.54) is 55.5 Å². The number of ether oxygens (including phenoxy) is 2. The van der Waals surface area contributed by atoms with E-state index in [2.05, 4.69) is 0 Å². The fourth-order valence-electron chi connectivity index (χ4n) is 7.12. The van der Waals surface area contributed by atoms with E-state index in [-0.39, 0.29) is 34.4 Å². The molecule has 3 aliphatic carbocycles. The molecule has 4 aliphatic rings. The molecule has 0 radical (unpaired) electrons. The number of carbonyl (C=O) groups is 5. The van der Waals surface area contributed by atoms with Gasteiger partial charge >= 0.3 is 11.9 Å². The minimum Gasteiger partial charge on any atom is -0.456 e. The van der Waals surface area contributed by atoms with Crippen molar-refractivity contribution in [1.29, 1.82) is 0 Å². The highest BCUT2D eigenvalue weighted by Gasteiger charge is 2.62. The van der Waals surface area contributed by atoms with Crippen molar-refractivity contribution in [3.05, 3.63) is 141 Å². The number of nitrogens with zero attached hydrogens (tertiary/aromatic N) is 2. The van der Waals surface area contributed by atoms with Crippen molar-refractivity contribution in [1.82, 2.24) is 4.90 Å². The standard InChI is InChI=1S/C36H26N2O9/c1-19(35(42)46-18-28(39)20-12-16-23(17-13-20)47-36(43)21-10-14-22(15-11-21)38(44)45)37-33(40)31-29-24-6-2-3-7-25(24)30(32(31)34(37)41)27-9-5-4-8-26(27)29/h2-17,19,29-32H,18H2,1H3. The molecule has 1 saturated heterocycles. The van der Waals surface area contributed by atoms with Crippen LogP contribution in [0.3, 0.4) is 0 Å². The third-order valence-electron chi connectivity index (χ3n) is 9.26. The van der Waals surface area contributed by atoms with Crippen LogP contribution in [0.2, 0.25) is 0 Å². The molecule has 0 aromatic heterocycles. The molecule has 11 heteroatoms. The summed E-state index contributed by atoms with van der Waals surface area (Å²) in [5.74, 6) is -4.77. The first-order chi connectivity index (χ1) is 22.7. The Kier molecular flexibility index (Phi) is 7.23. The summed E-state index contributed by atoms with van der Waals surface area (Å²) in [7, 11) is 0. The second-order valence-corrected chi connectivity index (χ2v) is 11.7. The maximum Gasteiger partial charge on any atom is 0.343 e. The predicted molar refractivity (Wildman–Crippen MR) is 165 cm³/mol. The summed E-state index contributed by atoms with van der Waals surface area (Å²) in [6, 6.07) is 24.9. The lowest BCUT2D eigenvalue weighted by molar-refractivity contribution is -0.384. The molecule has 1 fully saturated rings. The third-order valence-corrected chi connectivity index (χ3v) is 9.26. The number of benzene rings is 4. The van der Waals surface area contributed by atoms with Gasteiger partial charge in [-0.2, -0.15) is 0 Å². The fraction of sp³-hybridized carbons (Fsp3) is 0.194. The lowest BCUT2D eigenvalue weighted by atomic mass is 9.55.